The predicted molar refractivity (Wildman–Crippen MR) is 50.9 cm³/mol. The smallest absolute Gasteiger partial charge is 0.0818 e. The molecule has 0 N–H and O–H groups in total. The van der Waals surface area contributed by atoms with Crippen LogP contribution in [0.1, 0.15) is 20.8 Å². The fourth-order valence-corrected chi connectivity index (χ4v) is 3.73. The Labute approximate surface area is 74.7 Å². The Kier molecular flexibility index (Phi) is 2.50. The zero-order valence-corrected chi connectivity index (χ0v) is 8.98. The molecule has 1 aliphatic heterocycles. The highest BCUT2D eigenvalue weighted by atomic mass is 32.2. The van der Waals surface area contributed by atoms with Crippen LogP contribution in [-0.2, 0) is 14.5 Å². The summed E-state index contributed by atoms with van der Waals surface area (Å²) in [4.78, 5) is 0. The molecule has 0 atom stereocenters. The number of methoxy groups -OCH3 is 1. The van der Waals surface area contributed by atoms with E-state index in [0.717, 1.165) is 0 Å². The summed E-state index contributed by atoms with van der Waals surface area (Å²) >= 11 is 0. The van der Waals surface area contributed by atoms with E-state index in [9.17, 15) is 4.21 Å². The van der Waals surface area contributed by atoms with E-state index in [1.807, 2.05) is 20.8 Å². The van der Waals surface area contributed by atoms with E-state index in [1.54, 1.807) is 7.11 Å². The molecule has 72 valence electrons. The van der Waals surface area contributed by atoms with Crippen LogP contribution in [0.3, 0.4) is 0 Å². The van der Waals surface area contributed by atoms with Gasteiger partial charge in [0.05, 0.1) is 32.9 Å². The second-order valence-electron chi connectivity index (χ2n) is 4.23. The maximum absolute atomic E-state index is 11.8. The van der Waals surface area contributed by atoms with E-state index < -0.39 is 9.73 Å². The van der Waals surface area contributed by atoms with Crippen LogP contribution in [0.5, 0.6) is 0 Å². The van der Waals surface area contributed by atoms with Gasteiger partial charge in [0.1, 0.15) is 0 Å². The monoisotopic (exact) mass is 191 g/mol. The van der Waals surface area contributed by atoms with Gasteiger partial charge in [0, 0.05) is 7.11 Å². The molecule has 1 saturated heterocycles. The molecular formula is C8H17NO2S. The van der Waals surface area contributed by atoms with Crippen molar-refractivity contribution < 1.29 is 8.95 Å². The molecule has 0 saturated carbocycles. The number of nitrogens with zero attached hydrogens (tertiary/aromatic N) is 1. The molecule has 0 unspecified atom stereocenters. The van der Waals surface area contributed by atoms with Gasteiger partial charge in [-0.05, 0) is 20.8 Å². The van der Waals surface area contributed by atoms with Gasteiger partial charge < -0.3 is 4.74 Å². The van der Waals surface area contributed by atoms with Crippen LogP contribution in [0, 0.1) is 0 Å². The SMILES string of the molecule is COC1CS(=O)(=NC(C)(C)C)C1. The topological polar surface area (TPSA) is 38.7 Å². The first-order valence-electron chi connectivity index (χ1n) is 4.11. The highest BCUT2D eigenvalue weighted by molar-refractivity contribution is 7.95. The normalized spacial score (nSPS) is 35.8. The lowest BCUT2D eigenvalue weighted by Crippen LogP contribution is -2.43. The maximum atomic E-state index is 11.8. The molecule has 0 radical (unpaired) electrons. The van der Waals surface area contributed by atoms with Crippen LogP contribution < -0.4 is 0 Å². The van der Waals surface area contributed by atoms with E-state index in [-0.39, 0.29) is 11.6 Å². The van der Waals surface area contributed by atoms with Crippen molar-refractivity contribution in [1.29, 1.82) is 0 Å². The molecule has 0 bridgehead atoms. The van der Waals surface area contributed by atoms with Crippen molar-refractivity contribution in [3.8, 4) is 0 Å². The molecule has 4 heteroatoms. The fourth-order valence-electron chi connectivity index (χ4n) is 1.24. The maximum Gasteiger partial charge on any atom is 0.0818 e. The lowest BCUT2D eigenvalue weighted by Gasteiger charge is -2.30. The van der Waals surface area contributed by atoms with Crippen LogP contribution >= 0.6 is 0 Å². The van der Waals surface area contributed by atoms with Crippen molar-refractivity contribution in [2.45, 2.75) is 32.4 Å². The Morgan fingerprint density at radius 1 is 1.42 bits per heavy atom. The first kappa shape index (κ1) is 9.99. The van der Waals surface area contributed by atoms with Crippen molar-refractivity contribution >= 4 is 9.73 Å². The minimum atomic E-state index is -1.91. The van der Waals surface area contributed by atoms with Gasteiger partial charge in [-0.15, -0.1) is 0 Å². The fraction of sp³-hybridized carbons (Fsp3) is 1.00. The summed E-state index contributed by atoms with van der Waals surface area (Å²) in [6.07, 6.45) is 0.170. The van der Waals surface area contributed by atoms with Crippen molar-refractivity contribution in [3.63, 3.8) is 0 Å². The Morgan fingerprint density at radius 3 is 2.25 bits per heavy atom. The molecule has 0 aromatic rings. The molecule has 3 nitrogen and oxygen atoms in total. The summed E-state index contributed by atoms with van der Waals surface area (Å²) in [5.41, 5.74) is -0.185. The Balaban J connectivity index is 2.67. The molecular weight excluding hydrogens is 174 g/mol. The van der Waals surface area contributed by atoms with Crippen LogP contribution in [0.25, 0.3) is 0 Å². The van der Waals surface area contributed by atoms with E-state index in [4.69, 9.17) is 4.74 Å². The molecule has 0 aromatic carbocycles. The van der Waals surface area contributed by atoms with Crippen molar-refractivity contribution in [2.24, 2.45) is 4.36 Å². The molecule has 1 rings (SSSR count). The third-order valence-corrected chi connectivity index (χ3v) is 4.33. The minimum Gasteiger partial charge on any atom is -0.379 e. The van der Waals surface area contributed by atoms with E-state index in [0.29, 0.717) is 11.5 Å². The van der Waals surface area contributed by atoms with E-state index in [2.05, 4.69) is 4.36 Å². The quantitative estimate of drug-likeness (QED) is 0.626. The summed E-state index contributed by atoms with van der Waals surface area (Å²) in [6, 6.07) is 0. The van der Waals surface area contributed by atoms with Gasteiger partial charge in [-0.1, -0.05) is 0 Å². The number of hydrogen-bond acceptors (Lipinski definition) is 3. The molecule has 0 spiro atoms. The predicted octanol–water partition coefficient (Wildman–Crippen LogP) is 1.28. The van der Waals surface area contributed by atoms with E-state index >= 15 is 0 Å². The van der Waals surface area contributed by atoms with Gasteiger partial charge in [-0.2, -0.15) is 0 Å². The summed E-state index contributed by atoms with van der Waals surface area (Å²) in [6.45, 7) is 5.92. The first-order valence-corrected chi connectivity index (χ1v) is 5.96. The molecule has 1 fully saturated rings. The summed E-state index contributed by atoms with van der Waals surface area (Å²) in [5, 5.41) is 0. The molecule has 1 aliphatic rings. The second-order valence-corrected chi connectivity index (χ2v) is 6.62. The standard InChI is InChI=1S/C8H17NO2S/c1-8(2,3)9-12(10)5-7(6-12)11-4/h7H,5-6H2,1-4H3. The zero-order valence-electron chi connectivity index (χ0n) is 8.16. The van der Waals surface area contributed by atoms with Gasteiger partial charge in [0.25, 0.3) is 0 Å². The average Bonchev–Trinajstić information content (AvgIpc) is 1.78. The molecule has 0 aliphatic carbocycles. The number of ether oxygens (including phenoxy) is 1. The largest absolute Gasteiger partial charge is 0.379 e. The van der Waals surface area contributed by atoms with Crippen molar-refractivity contribution in [3.05, 3.63) is 0 Å². The van der Waals surface area contributed by atoms with Crippen LogP contribution in [0.2, 0.25) is 0 Å². The van der Waals surface area contributed by atoms with E-state index in [1.165, 1.54) is 0 Å². The van der Waals surface area contributed by atoms with Gasteiger partial charge >= 0.3 is 0 Å². The van der Waals surface area contributed by atoms with Crippen LogP contribution in [0.15, 0.2) is 4.36 Å². The highest BCUT2D eigenvalue weighted by Crippen LogP contribution is 2.21. The zero-order chi connectivity index (χ0) is 9.41. The van der Waals surface area contributed by atoms with Crippen LogP contribution in [0.4, 0.5) is 0 Å². The highest BCUT2D eigenvalue weighted by Gasteiger charge is 2.32. The van der Waals surface area contributed by atoms with Gasteiger partial charge in [-0.25, -0.2) is 8.57 Å². The van der Waals surface area contributed by atoms with Crippen LogP contribution in [-0.4, -0.2) is 34.5 Å². The molecule has 1 heterocycles. The molecule has 0 aromatic heterocycles. The van der Waals surface area contributed by atoms with Gasteiger partial charge in [0.2, 0.25) is 0 Å². The van der Waals surface area contributed by atoms with Crippen molar-refractivity contribution in [2.75, 3.05) is 18.6 Å². The average molecular weight is 191 g/mol. The summed E-state index contributed by atoms with van der Waals surface area (Å²) in [5.74, 6) is 1.22. The minimum absolute atomic E-state index is 0.170. The first-order chi connectivity index (χ1) is 5.35. The van der Waals surface area contributed by atoms with Crippen molar-refractivity contribution in [1.82, 2.24) is 0 Å². The summed E-state index contributed by atoms with van der Waals surface area (Å²) in [7, 11) is -0.254. The van der Waals surface area contributed by atoms with Gasteiger partial charge in [0.15, 0.2) is 0 Å². The molecule has 12 heavy (non-hydrogen) atoms. The third-order valence-electron chi connectivity index (χ3n) is 1.67. The number of hydrogen-bond donors (Lipinski definition) is 0. The summed E-state index contributed by atoms with van der Waals surface area (Å²) < 4.78 is 21.1. The third kappa shape index (κ3) is 2.45. The Bertz CT molecular complexity index is 259. The lowest BCUT2D eigenvalue weighted by molar-refractivity contribution is 0.128. The lowest BCUT2D eigenvalue weighted by atomic mass is 10.1. The Morgan fingerprint density at radius 2 is 1.92 bits per heavy atom. The number of rotatable bonds is 1. The second kappa shape index (κ2) is 3.00. The molecule has 0 amide bonds. The van der Waals surface area contributed by atoms with Gasteiger partial charge in [-0.3, -0.25) is 0 Å². The Hall–Kier alpha value is -0.0900.